The van der Waals surface area contributed by atoms with Gasteiger partial charge in [-0.25, -0.2) is 8.42 Å². The molecule has 0 bridgehead atoms. The third-order valence-electron chi connectivity index (χ3n) is 5.84. The van der Waals surface area contributed by atoms with Crippen molar-refractivity contribution < 1.29 is 27.5 Å². The van der Waals surface area contributed by atoms with E-state index in [1.807, 2.05) is 30.3 Å². The third-order valence-corrected chi connectivity index (χ3v) is 7.08. The Labute approximate surface area is 216 Å². The minimum atomic E-state index is -3.85. The number of carbonyl (C=O) groups is 2. The number of fused-ring (bicyclic) bond motifs is 1. The first-order chi connectivity index (χ1) is 17.7. The van der Waals surface area contributed by atoms with Crippen LogP contribution in [-0.4, -0.2) is 52.3 Å². The van der Waals surface area contributed by atoms with Crippen molar-refractivity contribution in [3.8, 4) is 11.5 Å². The van der Waals surface area contributed by atoms with Crippen molar-refractivity contribution in [3.63, 3.8) is 0 Å². The molecule has 0 saturated heterocycles. The lowest BCUT2D eigenvalue weighted by Gasteiger charge is -2.29. The van der Waals surface area contributed by atoms with Crippen LogP contribution in [-0.2, 0) is 21.2 Å². The molecule has 194 valence electrons. The van der Waals surface area contributed by atoms with Crippen LogP contribution in [0.2, 0.25) is 0 Å². The molecule has 3 aromatic carbocycles. The number of hydrogen-bond donors (Lipinski definition) is 2. The molecule has 2 N–H and O–H groups in total. The first-order valence-electron chi connectivity index (χ1n) is 11.8. The highest BCUT2D eigenvalue weighted by Gasteiger charge is 2.31. The van der Waals surface area contributed by atoms with E-state index in [1.54, 1.807) is 36.4 Å². The van der Waals surface area contributed by atoms with E-state index >= 15 is 0 Å². The SMILES string of the molecule is C[C@@H](C(=O)Nc1ccccc1C(=O)NCCc1ccccc1)N(c1ccc2c(c1)OCCO2)S(C)(=O)=O. The molecule has 0 saturated carbocycles. The smallest absolute Gasteiger partial charge is 0.253 e. The predicted octanol–water partition coefficient (Wildman–Crippen LogP) is 3.22. The summed E-state index contributed by atoms with van der Waals surface area (Å²) in [5.74, 6) is -0.0218. The van der Waals surface area contributed by atoms with E-state index in [0.717, 1.165) is 16.1 Å². The number of nitrogens with one attached hydrogen (secondary N) is 2. The summed E-state index contributed by atoms with van der Waals surface area (Å²) in [6.45, 7) is 2.65. The van der Waals surface area contributed by atoms with Crippen molar-refractivity contribution in [1.29, 1.82) is 0 Å². The van der Waals surface area contributed by atoms with Crippen molar-refractivity contribution in [3.05, 3.63) is 83.9 Å². The molecular weight excluding hydrogens is 494 g/mol. The molecule has 10 heteroatoms. The van der Waals surface area contributed by atoms with Crippen LogP contribution in [0.15, 0.2) is 72.8 Å². The van der Waals surface area contributed by atoms with Crippen molar-refractivity contribution in [2.24, 2.45) is 0 Å². The monoisotopic (exact) mass is 523 g/mol. The van der Waals surface area contributed by atoms with Gasteiger partial charge in [0.2, 0.25) is 15.9 Å². The van der Waals surface area contributed by atoms with Crippen LogP contribution in [0.4, 0.5) is 11.4 Å². The molecule has 3 aromatic rings. The van der Waals surface area contributed by atoms with E-state index < -0.39 is 22.0 Å². The second kappa shape index (κ2) is 11.3. The van der Waals surface area contributed by atoms with Gasteiger partial charge in [0.05, 0.1) is 23.2 Å². The Morgan fingerprint density at radius 3 is 2.35 bits per heavy atom. The number of anilines is 2. The zero-order chi connectivity index (χ0) is 26.4. The molecular formula is C27H29N3O6S. The molecule has 0 unspecified atom stereocenters. The van der Waals surface area contributed by atoms with Gasteiger partial charge in [-0.2, -0.15) is 0 Å². The maximum Gasteiger partial charge on any atom is 0.253 e. The fourth-order valence-corrected chi connectivity index (χ4v) is 5.23. The number of benzene rings is 3. The van der Waals surface area contributed by atoms with Gasteiger partial charge in [0, 0.05) is 12.6 Å². The first-order valence-corrected chi connectivity index (χ1v) is 13.7. The Hall–Kier alpha value is -4.05. The van der Waals surface area contributed by atoms with Gasteiger partial charge >= 0.3 is 0 Å². The molecule has 0 aromatic heterocycles. The van der Waals surface area contributed by atoms with Gasteiger partial charge < -0.3 is 20.1 Å². The summed E-state index contributed by atoms with van der Waals surface area (Å²) in [5, 5.41) is 5.59. The fourth-order valence-electron chi connectivity index (χ4n) is 4.07. The van der Waals surface area contributed by atoms with Crippen LogP contribution >= 0.6 is 0 Å². The van der Waals surface area contributed by atoms with Gasteiger partial charge in [-0.1, -0.05) is 42.5 Å². The quantitative estimate of drug-likeness (QED) is 0.445. The average molecular weight is 524 g/mol. The average Bonchev–Trinajstić information content (AvgIpc) is 2.88. The summed E-state index contributed by atoms with van der Waals surface area (Å²) in [4.78, 5) is 26.1. The molecule has 1 aliphatic heterocycles. The standard InChI is InChI=1S/C27H29N3O6S/c1-19(30(37(2,33)34)21-12-13-24-25(18-21)36-17-16-35-24)26(31)29-23-11-7-6-10-22(23)27(32)28-15-14-20-8-4-3-5-9-20/h3-13,18-19H,14-17H2,1-2H3,(H,28,32)(H,29,31)/t19-/m0/s1. The molecule has 37 heavy (non-hydrogen) atoms. The highest BCUT2D eigenvalue weighted by Crippen LogP contribution is 2.35. The second-order valence-corrected chi connectivity index (χ2v) is 10.4. The molecule has 1 heterocycles. The summed E-state index contributed by atoms with van der Waals surface area (Å²) in [6, 6.07) is 20.0. The van der Waals surface area contributed by atoms with Crippen LogP contribution in [0.25, 0.3) is 0 Å². The van der Waals surface area contributed by atoms with Gasteiger partial charge in [0.25, 0.3) is 5.91 Å². The zero-order valence-electron chi connectivity index (χ0n) is 20.6. The summed E-state index contributed by atoms with van der Waals surface area (Å²) < 4.78 is 37.5. The Balaban J connectivity index is 1.49. The largest absolute Gasteiger partial charge is 0.486 e. The molecule has 1 aliphatic rings. The lowest BCUT2D eigenvalue weighted by molar-refractivity contribution is -0.116. The number of ether oxygens (including phenoxy) is 2. The van der Waals surface area contributed by atoms with Crippen molar-refractivity contribution in [1.82, 2.24) is 5.32 Å². The molecule has 0 fully saturated rings. The van der Waals surface area contributed by atoms with E-state index in [-0.39, 0.29) is 22.8 Å². The highest BCUT2D eigenvalue weighted by molar-refractivity contribution is 7.92. The van der Waals surface area contributed by atoms with Gasteiger partial charge in [-0.05, 0) is 43.2 Å². The van der Waals surface area contributed by atoms with E-state index in [0.29, 0.717) is 37.7 Å². The number of carbonyl (C=O) groups excluding carboxylic acids is 2. The van der Waals surface area contributed by atoms with Crippen LogP contribution in [0.3, 0.4) is 0 Å². The Kier molecular flexibility index (Phi) is 7.98. The molecule has 1 atom stereocenters. The van der Waals surface area contributed by atoms with E-state index in [2.05, 4.69) is 10.6 Å². The van der Waals surface area contributed by atoms with Gasteiger partial charge in [0.15, 0.2) is 11.5 Å². The normalized spacial score (nSPS) is 13.4. The predicted molar refractivity (Wildman–Crippen MR) is 142 cm³/mol. The van der Waals surface area contributed by atoms with Gasteiger partial charge in [-0.3, -0.25) is 13.9 Å². The maximum atomic E-state index is 13.2. The topological polar surface area (TPSA) is 114 Å². The molecule has 0 aliphatic carbocycles. The number of para-hydroxylation sites is 1. The highest BCUT2D eigenvalue weighted by atomic mass is 32.2. The van der Waals surface area contributed by atoms with Crippen molar-refractivity contribution in [2.75, 3.05) is 35.6 Å². The maximum absolute atomic E-state index is 13.2. The minimum Gasteiger partial charge on any atom is -0.486 e. The number of hydrogen-bond acceptors (Lipinski definition) is 6. The van der Waals surface area contributed by atoms with Gasteiger partial charge in [-0.15, -0.1) is 0 Å². The first kappa shape index (κ1) is 26.0. The summed E-state index contributed by atoms with van der Waals surface area (Å²) in [6.07, 6.45) is 1.69. The second-order valence-electron chi connectivity index (χ2n) is 8.59. The Morgan fingerprint density at radius 2 is 1.62 bits per heavy atom. The molecule has 0 radical (unpaired) electrons. The third kappa shape index (κ3) is 6.39. The van der Waals surface area contributed by atoms with E-state index in [1.165, 1.54) is 13.0 Å². The van der Waals surface area contributed by atoms with Crippen molar-refractivity contribution in [2.45, 2.75) is 19.4 Å². The van der Waals surface area contributed by atoms with E-state index in [4.69, 9.17) is 9.47 Å². The number of rotatable bonds is 9. The Morgan fingerprint density at radius 1 is 0.946 bits per heavy atom. The van der Waals surface area contributed by atoms with Crippen LogP contribution in [0, 0.1) is 0 Å². The summed E-state index contributed by atoms with van der Waals surface area (Å²) >= 11 is 0. The molecule has 9 nitrogen and oxygen atoms in total. The minimum absolute atomic E-state index is 0.265. The van der Waals surface area contributed by atoms with Crippen LogP contribution in [0.5, 0.6) is 11.5 Å². The van der Waals surface area contributed by atoms with Crippen LogP contribution < -0.4 is 24.4 Å². The lowest BCUT2D eigenvalue weighted by Crippen LogP contribution is -2.45. The van der Waals surface area contributed by atoms with E-state index in [9.17, 15) is 18.0 Å². The number of amides is 2. The fraction of sp³-hybridized carbons (Fsp3) is 0.259. The molecule has 0 spiro atoms. The summed E-state index contributed by atoms with van der Waals surface area (Å²) in [5.41, 5.74) is 1.92. The lowest BCUT2D eigenvalue weighted by atomic mass is 10.1. The molecule has 4 rings (SSSR count). The van der Waals surface area contributed by atoms with Crippen molar-refractivity contribution >= 4 is 33.2 Å². The number of nitrogens with zero attached hydrogens (tertiary/aromatic N) is 1. The number of sulfonamides is 1. The summed E-state index contributed by atoms with van der Waals surface area (Å²) in [7, 11) is -3.85. The van der Waals surface area contributed by atoms with Gasteiger partial charge in [0.1, 0.15) is 19.3 Å². The zero-order valence-corrected chi connectivity index (χ0v) is 21.5. The van der Waals surface area contributed by atoms with Crippen LogP contribution in [0.1, 0.15) is 22.8 Å². The Bertz CT molecular complexity index is 1380. The molecule has 2 amide bonds.